The van der Waals surface area contributed by atoms with Crippen LogP contribution in [0.25, 0.3) is 11.3 Å². The van der Waals surface area contributed by atoms with E-state index in [0.717, 1.165) is 41.2 Å². The van der Waals surface area contributed by atoms with Gasteiger partial charge in [-0.15, -0.1) is 0 Å². The number of hydrogen-bond donors (Lipinski definition) is 1. The first kappa shape index (κ1) is 18.0. The van der Waals surface area contributed by atoms with Crippen LogP contribution in [0.3, 0.4) is 0 Å². The number of aromatic nitrogens is 4. The number of H-pyrrole nitrogens is 1. The van der Waals surface area contributed by atoms with Gasteiger partial charge >= 0.3 is 0 Å². The Labute approximate surface area is 148 Å². The van der Waals surface area contributed by atoms with E-state index in [1.54, 1.807) is 26.5 Å². The molecule has 2 aromatic heterocycles. The number of nitrogens with zero attached hydrogens (tertiary/aromatic N) is 5. The molecule has 0 amide bonds. The highest BCUT2D eigenvalue weighted by Gasteiger charge is 2.31. The normalized spacial score (nSPS) is 19.5. The molecule has 0 spiro atoms. The van der Waals surface area contributed by atoms with Crippen molar-refractivity contribution in [2.45, 2.75) is 32.6 Å². The quantitative estimate of drug-likeness (QED) is 0.886. The van der Waals surface area contributed by atoms with Gasteiger partial charge in [-0.25, -0.2) is 0 Å². The summed E-state index contributed by atoms with van der Waals surface area (Å²) in [6, 6.07) is 0. The lowest BCUT2D eigenvalue weighted by atomic mass is 9.96. The van der Waals surface area contributed by atoms with Crippen molar-refractivity contribution in [3.8, 4) is 11.3 Å². The van der Waals surface area contributed by atoms with E-state index >= 15 is 0 Å². The van der Waals surface area contributed by atoms with Crippen LogP contribution in [-0.2, 0) is 10.2 Å². The van der Waals surface area contributed by atoms with Gasteiger partial charge in [0.05, 0.1) is 23.3 Å². The van der Waals surface area contributed by atoms with Gasteiger partial charge in [0, 0.05) is 50.6 Å². The van der Waals surface area contributed by atoms with Gasteiger partial charge in [-0.2, -0.15) is 22.1 Å². The Morgan fingerprint density at radius 3 is 2.56 bits per heavy atom. The highest BCUT2D eigenvalue weighted by molar-refractivity contribution is 7.86. The molecule has 0 radical (unpaired) electrons. The van der Waals surface area contributed by atoms with Crippen LogP contribution in [-0.4, -0.2) is 64.4 Å². The number of nitrogens with one attached hydrogen (secondary N) is 1. The minimum atomic E-state index is -3.39. The van der Waals surface area contributed by atoms with Crippen molar-refractivity contribution < 1.29 is 8.42 Å². The molecule has 0 aliphatic carbocycles. The molecule has 9 heteroatoms. The molecular weight excluding hydrogens is 340 g/mol. The topological polar surface area (TPSA) is 95.1 Å². The second kappa shape index (κ2) is 6.81. The lowest BCUT2D eigenvalue weighted by Gasteiger charge is -2.33. The third-order valence-electron chi connectivity index (χ3n) is 4.65. The first-order valence-electron chi connectivity index (χ1n) is 8.32. The summed E-state index contributed by atoms with van der Waals surface area (Å²) in [5.41, 5.74) is 4.43. The van der Waals surface area contributed by atoms with Crippen molar-refractivity contribution in [3.63, 3.8) is 0 Å². The predicted octanol–water partition coefficient (Wildman–Crippen LogP) is 1.47. The van der Waals surface area contributed by atoms with Crippen LogP contribution in [0.1, 0.15) is 35.8 Å². The summed E-state index contributed by atoms with van der Waals surface area (Å²) in [6.07, 6.45) is 5.25. The van der Waals surface area contributed by atoms with Gasteiger partial charge in [0.1, 0.15) is 0 Å². The molecule has 3 heterocycles. The average molecular weight is 364 g/mol. The Hall–Kier alpha value is -1.84. The zero-order valence-corrected chi connectivity index (χ0v) is 15.8. The monoisotopic (exact) mass is 364 g/mol. The lowest BCUT2D eigenvalue weighted by molar-refractivity contribution is 0.296. The maximum absolute atomic E-state index is 12.4. The molecule has 0 aromatic carbocycles. The van der Waals surface area contributed by atoms with E-state index in [1.807, 2.05) is 13.8 Å². The highest BCUT2D eigenvalue weighted by atomic mass is 32.2. The molecule has 0 bridgehead atoms. The number of aromatic amines is 1. The van der Waals surface area contributed by atoms with E-state index in [1.165, 1.54) is 8.61 Å². The number of rotatable bonds is 4. The smallest absolute Gasteiger partial charge is 0.281 e. The van der Waals surface area contributed by atoms with Crippen LogP contribution >= 0.6 is 0 Å². The maximum Gasteiger partial charge on any atom is 0.281 e. The molecule has 1 aliphatic rings. The Balaban J connectivity index is 1.81. The summed E-state index contributed by atoms with van der Waals surface area (Å²) >= 11 is 0. The maximum atomic E-state index is 12.4. The molecular formula is C16H24N6O2S. The van der Waals surface area contributed by atoms with Crippen molar-refractivity contribution in [1.82, 2.24) is 28.8 Å². The number of piperidine rings is 1. The van der Waals surface area contributed by atoms with E-state index in [9.17, 15) is 8.42 Å². The van der Waals surface area contributed by atoms with Crippen LogP contribution in [0.2, 0.25) is 0 Å². The minimum Gasteiger partial charge on any atom is -0.282 e. The Morgan fingerprint density at radius 1 is 1.24 bits per heavy atom. The molecule has 1 saturated heterocycles. The molecule has 25 heavy (non-hydrogen) atoms. The Kier molecular flexibility index (Phi) is 4.90. The number of aryl methyl sites for hydroxylation is 2. The summed E-state index contributed by atoms with van der Waals surface area (Å²) < 4.78 is 27.5. The molecule has 1 N–H and O–H groups in total. The first-order valence-corrected chi connectivity index (χ1v) is 9.72. The van der Waals surface area contributed by atoms with Gasteiger partial charge in [0.25, 0.3) is 10.2 Å². The van der Waals surface area contributed by atoms with Gasteiger partial charge in [0.15, 0.2) is 0 Å². The second-order valence-corrected chi connectivity index (χ2v) is 8.77. The van der Waals surface area contributed by atoms with Crippen LogP contribution in [0.15, 0.2) is 12.4 Å². The molecule has 1 atom stereocenters. The highest BCUT2D eigenvalue weighted by Crippen LogP contribution is 2.29. The first-order chi connectivity index (χ1) is 11.8. The largest absolute Gasteiger partial charge is 0.282 e. The molecule has 8 nitrogen and oxygen atoms in total. The van der Waals surface area contributed by atoms with Crippen molar-refractivity contribution >= 4 is 10.2 Å². The number of hydrogen-bond acceptors (Lipinski definition) is 5. The zero-order chi connectivity index (χ0) is 18.2. The fraction of sp³-hybridized carbons (Fsp3) is 0.562. The minimum absolute atomic E-state index is 0.0663. The van der Waals surface area contributed by atoms with E-state index in [2.05, 4.69) is 20.2 Å². The van der Waals surface area contributed by atoms with Gasteiger partial charge in [-0.3, -0.25) is 15.1 Å². The van der Waals surface area contributed by atoms with Gasteiger partial charge in [-0.05, 0) is 26.7 Å². The van der Waals surface area contributed by atoms with Crippen molar-refractivity contribution in [3.05, 3.63) is 29.5 Å². The van der Waals surface area contributed by atoms with E-state index in [4.69, 9.17) is 0 Å². The van der Waals surface area contributed by atoms with Crippen LogP contribution in [0.4, 0.5) is 0 Å². The fourth-order valence-corrected chi connectivity index (χ4v) is 4.42. The van der Waals surface area contributed by atoms with Crippen molar-refractivity contribution in [2.24, 2.45) is 0 Å². The van der Waals surface area contributed by atoms with Crippen LogP contribution < -0.4 is 0 Å². The van der Waals surface area contributed by atoms with Gasteiger partial charge in [0.2, 0.25) is 0 Å². The second-order valence-electron chi connectivity index (χ2n) is 6.62. The third-order valence-corrected chi connectivity index (χ3v) is 6.55. The lowest BCUT2D eigenvalue weighted by Crippen LogP contribution is -2.45. The average Bonchev–Trinajstić information content (AvgIpc) is 2.93. The molecule has 1 unspecified atom stereocenters. The van der Waals surface area contributed by atoms with Crippen molar-refractivity contribution in [2.75, 3.05) is 27.2 Å². The SMILES string of the molecule is Cc1n[nH]c(C)c1-c1cnc(C2CCCN(S(=O)(=O)N(C)C)C2)cn1. The summed E-state index contributed by atoms with van der Waals surface area (Å²) in [4.78, 5) is 9.10. The predicted molar refractivity (Wildman–Crippen MR) is 95.2 cm³/mol. The molecule has 1 fully saturated rings. The Morgan fingerprint density at radius 2 is 2.00 bits per heavy atom. The van der Waals surface area contributed by atoms with E-state index in [-0.39, 0.29) is 5.92 Å². The zero-order valence-electron chi connectivity index (χ0n) is 15.0. The van der Waals surface area contributed by atoms with Gasteiger partial charge in [-0.1, -0.05) is 0 Å². The molecule has 0 saturated carbocycles. The summed E-state index contributed by atoms with van der Waals surface area (Å²) in [6.45, 7) is 4.88. The molecule has 136 valence electrons. The molecule has 1 aliphatic heterocycles. The molecule has 3 rings (SSSR count). The van der Waals surface area contributed by atoms with E-state index in [0.29, 0.717) is 13.1 Å². The van der Waals surface area contributed by atoms with Crippen LogP contribution in [0, 0.1) is 13.8 Å². The summed E-state index contributed by atoms with van der Waals surface area (Å²) in [7, 11) is -0.272. The van der Waals surface area contributed by atoms with E-state index < -0.39 is 10.2 Å². The van der Waals surface area contributed by atoms with Gasteiger partial charge < -0.3 is 0 Å². The molecule has 2 aromatic rings. The fourth-order valence-electron chi connectivity index (χ4n) is 3.23. The summed E-state index contributed by atoms with van der Waals surface area (Å²) in [5.74, 6) is 0.0663. The Bertz CT molecular complexity index is 825. The standard InChI is InChI=1S/C16H24N6O2S/c1-11-16(12(2)20-19-11)15-9-17-14(8-18-15)13-6-5-7-22(10-13)25(23,24)21(3)4/h8-9,13H,5-7,10H2,1-4H3,(H,19,20). The van der Waals surface area contributed by atoms with Crippen LogP contribution in [0.5, 0.6) is 0 Å². The van der Waals surface area contributed by atoms with Crippen molar-refractivity contribution in [1.29, 1.82) is 0 Å². The summed E-state index contributed by atoms with van der Waals surface area (Å²) in [5, 5.41) is 7.14. The third kappa shape index (κ3) is 3.44.